The molecule has 0 spiro atoms. The van der Waals surface area contributed by atoms with E-state index in [0.29, 0.717) is 23.5 Å². The Bertz CT molecular complexity index is 770. The minimum atomic E-state index is -3.71. The second-order valence-electron chi connectivity index (χ2n) is 4.34. The van der Waals surface area contributed by atoms with Gasteiger partial charge in [-0.15, -0.1) is 0 Å². The first-order chi connectivity index (χ1) is 9.64. The van der Waals surface area contributed by atoms with Gasteiger partial charge in [-0.25, -0.2) is 9.29 Å². The second kappa shape index (κ2) is 4.72. The van der Waals surface area contributed by atoms with Crippen LogP contribution in [-0.4, -0.2) is 18.4 Å². The van der Waals surface area contributed by atoms with Gasteiger partial charge in [0.05, 0.1) is 5.69 Å². The molecule has 0 aliphatic carbocycles. The Balaban J connectivity index is 2.26. The molecule has 0 saturated carbocycles. The van der Waals surface area contributed by atoms with Gasteiger partial charge in [-0.2, -0.15) is 8.42 Å². The normalized spacial score (nSPS) is 16.4. The van der Waals surface area contributed by atoms with Crippen molar-refractivity contribution in [3.63, 3.8) is 0 Å². The Morgan fingerprint density at radius 3 is 2.50 bits per heavy atom. The smallest absolute Gasteiger partial charge is 0.252 e. The highest BCUT2D eigenvalue weighted by atomic mass is 32.2. The first kappa shape index (κ1) is 12.8. The molecule has 0 N–H and O–H groups in total. The number of allylic oxidation sites excluding steroid dienone is 1. The molecule has 0 bridgehead atoms. The predicted molar refractivity (Wildman–Crippen MR) is 76.4 cm³/mol. The second-order valence-corrected chi connectivity index (χ2v) is 6.04. The molecule has 0 amide bonds. The topological polar surface area (TPSA) is 63.2 Å². The van der Waals surface area contributed by atoms with Gasteiger partial charge in [0.25, 0.3) is 10.0 Å². The van der Waals surface area contributed by atoms with Gasteiger partial charge < -0.3 is 0 Å². The molecule has 2 aromatic rings. The van der Waals surface area contributed by atoms with Gasteiger partial charge in [-0.05, 0) is 24.6 Å². The van der Waals surface area contributed by atoms with E-state index in [0.717, 1.165) is 0 Å². The Morgan fingerprint density at radius 2 is 1.80 bits per heavy atom. The standard InChI is InChI=1S/C14H13N3O2S/c1-2-11-10-13-14(16-9-8-15-13)20(18,19)17(11)12-6-4-3-5-7-12/h3-10H,2H2,1H3. The van der Waals surface area contributed by atoms with Crippen LogP contribution in [0.2, 0.25) is 0 Å². The van der Waals surface area contributed by atoms with Crippen molar-refractivity contribution >= 4 is 21.8 Å². The van der Waals surface area contributed by atoms with Gasteiger partial charge in [0.15, 0.2) is 0 Å². The molecule has 1 aliphatic heterocycles. The largest absolute Gasteiger partial charge is 0.288 e. The molecule has 3 rings (SSSR count). The van der Waals surface area contributed by atoms with Gasteiger partial charge in [0.2, 0.25) is 5.03 Å². The number of nitrogens with zero attached hydrogens (tertiary/aromatic N) is 3. The molecule has 2 heterocycles. The molecule has 0 unspecified atom stereocenters. The summed E-state index contributed by atoms with van der Waals surface area (Å²) < 4.78 is 26.9. The number of anilines is 1. The minimum Gasteiger partial charge on any atom is -0.252 e. The van der Waals surface area contributed by atoms with E-state index in [9.17, 15) is 8.42 Å². The number of fused-ring (bicyclic) bond motifs is 1. The summed E-state index contributed by atoms with van der Waals surface area (Å²) in [6.45, 7) is 1.92. The van der Waals surface area contributed by atoms with E-state index in [1.165, 1.54) is 16.7 Å². The SMILES string of the molecule is CCC1=Cc2nccnc2S(=O)(=O)N1c1ccccc1. The lowest BCUT2D eigenvalue weighted by molar-refractivity contribution is 0.588. The fourth-order valence-electron chi connectivity index (χ4n) is 2.20. The molecule has 0 fully saturated rings. The highest BCUT2D eigenvalue weighted by Gasteiger charge is 2.34. The highest BCUT2D eigenvalue weighted by molar-refractivity contribution is 7.93. The maximum absolute atomic E-state index is 12.8. The number of aromatic nitrogens is 2. The number of hydrogen-bond donors (Lipinski definition) is 0. The third kappa shape index (κ3) is 1.89. The summed E-state index contributed by atoms with van der Waals surface area (Å²) in [4.78, 5) is 8.08. The van der Waals surface area contributed by atoms with Gasteiger partial charge in [0.1, 0.15) is 5.69 Å². The van der Waals surface area contributed by atoms with Gasteiger partial charge in [0, 0.05) is 18.1 Å². The van der Waals surface area contributed by atoms with Gasteiger partial charge >= 0.3 is 0 Å². The lowest BCUT2D eigenvalue weighted by atomic mass is 10.2. The van der Waals surface area contributed by atoms with Crippen LogP contribution in [0.5, 0.6) is 0 Å². The van der Waals surface area contributed by atoms with Crippen LogP contribution in [0.4, 0.5) is 5.69 Å². The molecule has 1 aromatic carbocycles. The number of benzene rings is 1. The molecule has 0 radical (unpaired) electrons. The van der Waals surface area contributed by atoms with Crippen molar-refractivity contribution < 1.29 is 8.42 Å². The molecule has 1 aliphatic rings. The average molecular weight is 287 g/mol. The zero-order valence-electron chi connectivity index (χ0n) is 10.9. The van der Waals surface area contributed by atoms with Crippen molar-refractivity contribution in [3.8, 4) is 0 Å². The van der Waals surface area contributed by atoms with E-state index >= 15 is 0 Å². The van der Waals surface area contributed by atoms with Crippen LogP contribution in [0, 0.1) is 0 Å². The van der Waals surface area contributed by atoms with Crippen molar-refractivity contribution in [2.75, 3.05) is 4.31 Å². The average Bonchev–Trinajstić information content (AvgIpc) is 2.47. The molecular weight excluding hydrogens is 274 g/mol. The molecule has 0 saturated heterocycles. The van der Waals surface area contributed by atoms with Crippen molar-refractivity contribution in [2.45, 2.75) is 18.4 Å². The Hall–Kier alpha value is -2.21. The van der Waals surface area contributed by atoms with Crippen LogP contribution in [0.25, 0.3) is 6.08 Å². The summed E-state index contributed by atoms with van der Waals surface area (Å²) in [5, 5.41) is 0.000975. The van der Waals surface area contributed by atoms with Crippen LogP contribution < -0.4 is 4.31 Å². The Kier molecular flexibility index (Phi) is 3.02. The molecule has 6 heteroatoms. The molecule has 102 valence electrons. The summed E-state index contributed by atoms with van der Waals surface area (Å²) >= 11 is 0. The first-order valence-corrected chi connectivity index (χ1v) is 7.70. The van der Waals surface area contributed by atoms with Crippen LogP contribution in [0.1, 0.15) is 19.0 Å². The number of sulfonamides is 1. The van der Waals surface area contributed by atoms with E-state index in [4.69, 9.17) is 0 Å². The van der Waals surface area contributed by atoms with Crippen molar-refractivity contribution in [3.05, 3.63) is 54.1 Å². The summed E-state index contributed by atoms with van der Waals surface area (Å²) in [6.07, 6.45) is 5.25. The molecule has 20 heavy (non-hydrogen) atoms. The maximum Gasteiger partial charge on any atom is 0.288 e. The third-order valence-electron chi connectivity index (χ3n) is 3.09. The van der Waals surface area contributed by atoms with E-state index < -0.39 is 10.0 Å². The third-order valence-corrected chi connectivity index (χ3v) is 4.82. The maximum atomic E-state index is 12.8. The summed E-state index contributed by atoms with van der Waals surface area (Å²) in [6, 6.07) is 9.00. The Morgan fingerprint density at radius 1 is 1.10 bits per heavy atom. The zero-order valence-corrected chi connectivity index (χ0v) is 11.7. The molecular formula is C14H13N3O2S. The summed E-state index contributed by atoms with van der Waals surface area (Å²) in [7, 11) is -3.71. The van der Waals surface area contributed by atoms with Crippen molar-refractivity contribution in [1.29, 1.82) is 0 Å². The van der Waals surface area contributed by atoms with E-state index in [1.54, 1.807) is 18.2 Å². The van der Waals surface area contributed by atoms with Gasteiger partial charge in [-0.3, -0.25) is 4.98 Å². The number of para-hydroxylation sites is 1. The van der Waals surface area contributed by atoms with Crippen LogP contribution in [-0.2, 0) is 10.0 Å². The molecule has 5 nitrogen and oxygen atoms in total. The fourth-order valence-corrected chi connectivity index (χ4v) is 3.84. The van der Waals surface area contributed by atoms with Crippen molar-refractivity contribution in [2.24, 2.45) is 0 Å². The Labute approximate surface area is 117 Å². The van der Waals surface area contributed by atoms with E-state index in [-0.39, 0.29) is 5.03 Å². The highest BCUT2D eigenvalue weighted by Crippen LogP contribution is 2.34. The lowest BCUT2D eigenvalue weighted by Gasteiger charge is -2.29. The first-order valence-electron chi connectivity index (χ1n) is 6.26. The van der Waals surface area contributed by atoms with Crippen LogP contribution >= 0.6 is 0 Å². The summed E-state index contributed by atoms with van der Waals surface area (Å²) in [5.74, 6) is 0. The zero-order chi connectivity index (χ0) is 14.2. The number of rotatable bonds is 2. The van der Waals surface area contributed by atoms with Crippen LogP contribution in [0.3, 0.4) is 0 Å². The van der Waals surface area contributed by atoms with Crippen molar-refractivity contribution in [1.82, 2.24) is 9.97 Å². The lowest BCUT2D eigenvalue weighted by Crippen LogP contribution is -2.34. The molecule has 1 aromatic heterocycles. The monoisotopic (exact) mass is 287 g/mol. The van der Waals surface area contributed by atoms with Crippen LogP contribution in [0.15, 0.2) is 53.4 Å². The van der Waals surface area contributed by atoms with E-state index in [1.807, 2.05) is 25.1 Å². The number of hydrogen-bond acceptors (Lipinski definition) is 4. The quantitative estimate of drug-likeness (QED) is 0.851. The van der Waals surface area contributed by atoms with Gasteiger partial charge in [-0.1, -0.05) is 25.1 Å². The minimum absolute atomic E-state index is 0.000975. The summed E-state index contributed by atoms with van der Waals surface area (Å²) in [5.41, 5.74) is 1.69. The predicted octanol–water partition coefficient (Wildman–Crippen LogP) is 2.44. The fraction of sp³-hybridized carbons (Fsp3) is 0.143. The molecule has 0 atom stereocenters. The van der Waals surface area contributed by atoms with E-state index in [2.05, 4.69) is 9.97 Å².